The van der Waals surface area contributed by atoms with Gasteiger partial charge in [-0.2, -0.15) is 13.2 Å². The molecule has 2 aromatic rings. The molecule has 0 spiro atoms. The Morgan fingerprint density at radius 2 is 1.72 bits per heavy atom. The highest BCUT2D eigenvalue weighted by atomic mass is 32.2. The molecule has 8 heteroatoms. The molecule has 0 saturated carbocycles. The van der Waals surface area contributed by atoms with Crippen molar-refractivity contribution >= 4 is 34.3 Å². The van der Waals surface area contributed by atoms with E-state index < -0.39 is 17.0 Å². The Labute approximate surface area is 170 Å². The molecule has 0 aromatic heterocycles. The summed E-state index contributed by atoms with van der Waals surface area (Å²) in [5.41, 5.74) is -0.0316. The molecule has 1 heterocycles. The molecule has 1 saturated heterocycles. The van der Waals surface area contributed by atoms with E-state index in [1.807, 2.05) is 30.3 Å². The number of halogens is 3. The molecule has 0 aliphatic carbocycles. The largest absolute Gasteiger partial charge is 0.418 e. The number of aryl methyl sites for hydroxylation is 1. The molecule has 3 rings (SSSR count). The topological polar surface area (TPSA) is 58.5 Å². The monoisotopic (exact) mass is 420 g/mol. The van der Waals surface area contributed by atoms with Gasteiger partial charge in [0.05, 0.1) is 16.5 Å². The number of carbonyl (C=O) groups is 2. The average molecular weight is 420 g/mol. The molecule has 152 valence electrons. The summed E-state index contributed by atoms with van der Waals surface area (Å²) in [5.74, 6) is -0.288. The van der Waals surface area contributed by atoms with E-state index in [9.17, 15) is 22.8 Å². The van der Waals surface area contributed by atoms with Gasteiger partial charge in [-0.3, -0.25) is 9.59 Å². The molecule has 1 atom stereocenters. The summed E-state index contributed by atoms with van der Waals surface area (Å²) in [6.45, 7) is 0. The average Bonchev–Trinajstić information content (AvgIpc) is 3.04. The first-order valence-corrected chi connectivity index (χ1v) is 9.99. The number of rotatable bonds is 7. The minimum atomic E-state index is -4.53. The summed E-state index contributed by atoms with van der Waals surface area (Å²) in [5, 5.41) is 2.09. The van der Waals surface area contributed by atoms with E-state index in [0.29, 0.717) is 19.3 Å². The van der Waals surface area contributed by atoms with Crippen LogP contribution >= 0.6 is 11.8 Å². The van der Waals surface area contributed by atoms with Crippen LogP contribution in [0, 0.1) is 0 Å². The van der Waals surface area contributed by atoms with Crippen LogP contribution in [0.25, 0.3) is 0 Å². The number of carbonyl (C=O) groups excluding carboxylic acids is 2. The van der Waals surface area contributed by atoms with Gasteiger partial charge in [-0.05, 0) is 30.5 Å². The van der Waals surface area contributed by atoms with Crippen LogP contribution in [0.5, 0.6) is 0 Å². The number of hydrogen-bond donors (Lipinski definition) is 1. The van der Waals surface area contributed by atoms with Crippen LogP contribution in [0.4, 0.5) is 18.9 Å². The van der Waals surface area contributed by atoms with Crippen LogP contribution in [-0.2, 0) is 22.2 Å². The number of nitrogens with zero attached hydrogens (tertiary/aromatic N) is 1. The molecule has 1 unspecified atom stereocenters. The number of ketones is 1. The van der Waals surface area contributed by atoms with Gasteiger partial charge in [0.25, 0.3) is 0 Å². The summed E-state index contributed by atoms with van der Waals surface area (Å²) in [6, 6.07) is 14.6. The summed E-state index contributed by atoms with van der Waals surface area (Å²) in [4.78, 5) is 28.2. The lowest BCUT2D eigenvalue weighted by Gasteiger charge is -2.09. The molecule has 2 aromatic carbocycles. The van der Waals surface area contributed by atoms with Crippen LogP contribution in [0.2, 0.25) is 0 Å². The zero-order valence-electron chi connectivity index (χ0n) is 15.4. The second-order valence-corrected chi connectivity index (χ2v) is 7.78. The van der Waals surface area contributed by atoms with Gasteiger partial charge in [0.2, 0.25) is 5.91 Å². The Hall–Kier alpha value is -2.61. The molecule has 1 aliphatic rings. The van der Waals surface area contributed by atoms with Crippen LogP contribution in [0.1, 0.15) is 30.4 Å². The fourth-order valence-corrected chi connectivity index (χ4v) is 3.90. The standard InChI is InChI=1S/C21H19F3N2O2S/c22-21(23,24)16-8-4-5-9-17(16)25-20-26-19(28)18(29-20)13-12-15(27)11-10-14-6-2-1-3-7-14/h1-9,18H,10-13H2,(H,25,26,28). The number of amidine groups is 1. The quantitative estimate of drug-likeness (QED) is 0.693. The number of amides is 1. The van der Waals surface area contributed by atoms with E-state index in [4.69, 9.17) is 0 Å². The van der Waals surface area contributed by atoms with Crippen LogP contribution < -0.4 is 5.32 Å². The van der Waals surface area contributed by atoms with E-state index in [-0.39, 0.29) is 29.0 Å². The second kappa shape index (κ2) is 9.26. The van der Waals surface area contributed by atoms with Gasteiger partial charge in [-0.15, -0.1) is 0 Å². The number of Topliss-reactive ketones (excluding diaryl/α,β-unsaturated/α-hetero) is 1. The number of nitrogens with one attached hydrogen (secondary N) is 1. The van der Waals surface area contributed by atoms with Gasteiger partial charge in [-0.25, -0.2) is 4.99 Å². The maximum Gasteiger partial charge on any atom is 0.418 e. The molecule has 0 bridgehead atoms. The molecule has 1 amide bonds. The van der Waals surface area contributed by atoms with Crippen molar-refractivity contribution in [3.8, 4) is 0 Å². The third-order valence-electron chi connectivity index (χ3n) is 4.43. The maximum atomic E-state index is 13.1. The molecular formula is C21H19F3N2O2S. The Bertz CT molecular complexity index is 914. The molecular weight excluding hydrogens is 401 g/mol. The number of para-hydroxylation sites is 1. The third kappa shape index (κ3) is 5.93. The number of benzene rings is 2. The van der Waals surface area contributed by atoms with E-state index in [1.165, 1.54) is 18.2 Å². The zero-order valence-corrected chi connectivity index (χ0v) is 16.2. The fourth-order valence-electron chi connectivity index (χ4n) is 2.91. The fraction of sp³-hybridized carbons (Fsp3) is 0.286. The van der Waals surface area contributed by atoms with Crippen LogP contribution in [0.3, 0.4) is 0 Å². The maximum absolute atomic E-state index is 13.1. The predicted molar refractivity (Wildman–Crippen MR) is 107 cm³/mol. The SMILES string of the molecule is O=C(CCc1ccccc1)CCC1SC(=Nc2ccccc2C(F)(F)F)NC1=O. The minimum Gasteiger partial charge on any atom is -0.304 e. The van der Waals surface area contributed by atoms with Gasteiger partial charge < -0.3 is 5.32 Å². The van der Waals surface area contributed by atoms with Gasteiger partial charge >= 0.3 is 6.18 Å². The first-order chi connectivity index (χ1) is 13.8. The summed E-state index contributed by atoms with van der Waals surface area (Å²) in [6.07, 6.45) is -2.93. The van der Waals surface area contributed by atoms with Crippen LogP contribution in [0.15, 0.2) is 59.6 Å². The highest BCUT2D eigenvalue weighted by Gasteiger charge is 2.35. The molecule has 4 nitrogen and oxygen atoms in total. The third-order valence-corrected chi connectivity index (χ3v) is 5.58. The predicted octanol–water partition coefficient (Wildman–Crippen LogP) is 4.91. The minimum absolute atomic E-state index is 0.0510. The first kappa shape index (κ1) is 21.1. The molecule has 1 aliphatic heterocycles. The number of hydrogen-bond acceptors (Lipinski definition) is 4. The van der Waals surface area contributed by atoms with Gasteiger partial charge in [0.15, 0.2) is 5.17 Å². The summed E-state index contributed by atoms with van der Waals surface area (Å²) >= 11 is 1.06. The van der Waals surface area contributed by atoms with Gasteiger partial charge in [0, 0.05) is 12.8 Å². The van der Waals surface area contributed by atoms with Crippen molar-refractivity contribution in [3.63, 3.8) is 0 Å². The van der Waals surface area contributed by atoms with E-state index >= 15 is 0 Å². The zero-order chi connectivity index (χ0) is 20.9. The lowest BCUT2D eigenvalue weighted by molar-refractivity contribution is -0.137. The van der Waals surface area contributed by atoms with E-state index in [1.54, 1.807) is 0 Å². The Morgan fingerprint density at radius 1 is 1.03 bits per heavy atom. The molecule has 1 N–H and O–H groups in total. The number of thioether (sulfide) groups is 1. The number of alkyl halides is 3. The van der Waals surface area contributed by atoms with Crippen molar-refractivity contribution in [3.05, 3.63) is 65.7 Å². The molecule has 29 heavy (non-hydrogen) atoms. The molecule has 0 radical (unpaired) electrons. The lowest BCUT2D eigenvalue weighted by atomic mass is 10.0. The van der Waals surface area contributed by atoms with Gasteiger partial charge in [-0.1, -0.05) is 54.2 Å². The Morgan fingerprint density at radius 3 is 2.45 bits per heavy atom. The second-order valence-electron chi connectivity index (χ2n) is 6.59. The van der Waals surface area contributed by atoms with Crippen molar-refractivity contribution in [1.82, 2.24) is 5.32 Å². The van der Waals surface area contributed by atoms with E-state index in [2.05, 4.69) is 10.3 Å². The Kier molecular flexibility index (Phi) is 6.74. The smallest absolute Gasteiger partial charge is 0.304 e. The highest BCUT2D eigenvalue weighted by Crippen LogP contribution is 2.37. The van der Waals surface area contributed by atoms with Crippen molar-refractivity contribution in [1.29, 1.82) is 0 Å². The van der Waals surface area contributed by atoms with Crippen LogP contribution in [-0.4, -0.2) is 22.1 Å². The lowest BCUT2D eigenvalue weighted by Crippen LogP contribution is -2.25. The normalized spacial score (nSPS) is 18.1. The van der Waals surface area contributed by atoms with Crippen molar-refractivity contribution in [2.75, 3.05) is 0 Å². The Balaban J connectivity index is 1.55. The van der Waals surface area contributed by atoms with Gasteiger partial charge in [0.1, 0.15) is 5.78 Å². The van der Waals surface area contributed by atoms with Crippen molar-refractivity contribution in [2.45, 2.75) is 37.1 Å². The van der Waals surface area contributed by atoms with Crippen molar-refractivity contribution < 1.29 is 22.8 Å². The highest BCUT2D eigenvalue weighted by molar-refractivity contribution is 8.15. The summed E-state index contributed by atoms with van der Waals surface area (Å²) < 4.78 is 39.2. The summed E-state index contributed by atoms with van der Waals surface area (Å²) in [7, 11) is 0. The van der Waals surface area contributed by atoms with E-state index in [0.717, 1.165) is 23.4 Å². The number of aliphatic imine (C=N–C) groups is 1. The molecule has 1 fully saturated rings. The first-order valence-electron chi connectivity index (χ1n) is 9.11. The van der Waals surface area contributed by atoms with Crippen molar-refractivity contribution in [2.24, 2.45) is 4.99 Å².